The Morgan fingerprint density at radius 3 is 2.05 bits per heavy atom. The molecule has 4 aromatic carbocycles. The van der Waals surface area contributed by atoms with Crippen LogP contribution in [-0.4, -0.2) is 29.3 Å². The molecule has 11 heteroatoms. The normalized spacial score (nSPS) is 11.6. The standard InChI is InChI=1S/C28H26FN3O5S2/c1-20-8-9-21(2)27(18-20)31-38(34,35)25-16-12-23(13-17-25)30-28(33)19-32(24-6-4-3-5-7-24)39(36,37)26-14-10-22(29)11-15-26/h3-18,31H,19H2,1-2H3,(H,30,33). The fourth-order valence-electron chi connectivity index (χ4n) is 3.74. The molecule has 1 amide bonds. The summed E-state index contributed by atoms with van der Waals surface area (Å²) in [4.78, 5) is 12.7. The van der Waals surface area contributed by atoms with E-state index in [1.54, 1.807) is 31.2 Å². The third-order valence-corrected chi connectivity index (χ3v) is 8.99. The van der Waals surface area contributed by atoms with E-state index in [2.05, 4.69) is 10.0 Å². The summed E-state index contributed by atoms with van der Waals surface area (Å²) in [5.41, 5.74) is 2.67. The van der Waals surface area contributed by atoms with Crippen molar-refractivity contribution in [1.82, 2.24) is 0 Å². The highest BCUT2D eigenvalue weighted by molar-refractivity contribution is 7.93. The third-order valence-electron chi connectivity index (χ3n) is 5.82. The lowest BCUT2D eigenvalue weighted by atomic mass is 10.1. The number of anilines is 3. The topological polar surface area (TPSA) is 113 Å². The van der Waals surface area contributed by atoms with Crippen molar-refractivity contribution >= 4 is 43.0 Å². The Morgan fingerprint density at radius 1 is 0.795 bits per heavy atom. The van der Waals surface area contributed by atoms with Crippen LogP contribution in [0, 0.1) is 19.7 Å². The molecular formula is C28H26FN3O5S2. The molecule has 8 nitrogen and oxygen atoms in total. The third kappa shape index (κ3) is 6.62. The van der Waals surface area contributed by atoms with E-state index >= 15 is 0 Å². The van der Waals surface area contributed by atoms with Crippen LogP contribution in [0.4, 0.5) is 21.5 Å². The van der Waals surface area contributed by atoms with E-state index in [4.69, 9.17) is 0 Å². The molecular weight excluding hydrogens is 541 g/mol. The molecule has 4 aromatic rings. The lowest BCUT2D eigenvalue weighted by molar-refractivity contribution is -0.114. The summed E-state index contributed by atoms with van der Waals surface area (Å²) in [7, 11) is -8.09. The highest BCUT2D eigenvalue weighted by Gasteiger charge is 2.27. The lowest BCUT2D eigenvalue weighted by Crippen LogP contribution is -2.38. The number of hydrogen-bond acceptors (Lipinski definition) is 5. The summed E-state index contributed by atoms with van der Waals surface area (Å²) < 4.78 is 69.3. The number of rotatable bonds is 9. The quantitative estimate of drug-likeness (QED) is 0.293. The van der Waals surface area contributed by atoms with Crippen LogP contribution in [0.5, 0.6) is 0 Å². The summed E-state index contributed by atoms with van der Waals surface area (Å²) in [6.45, 7) is 3.08. The van der Waals surface area contributed by atoms with E-state index in [0.29, 0.717) is 5.69 Å². The number of benzene rings is 4. The minimum atomic E-state index is -4.20. The maximum Gasteiger partial charge on any atom is 0.264 e. The number of nitrogens with one attached hydrogen (secondary N) is 2. The summed E-state index contributed by atoms with van der Waals surface area (Å²) >= 11 is 0. The Morgan fingerprint density at radius 2 is 1.41 bits per heavy atom. The van der Waals surface area contributed by atoms with E-state index in [1.807, 2.05) is 19.1 Å². The number of hydrogen-bond donors (Lipinski definition) is 2. The molecule has 202 valence electrons. The highest BCUT2D eigenvalue weighted by atomic mass is 32.2. The van der Waals surface area contributed by atoms with Crippen LogP contribution in [0.2, 0.25) is 0 Å². The van der Waals surface area contributed by atoms with Crippen LogP contribution in [0.25, 0.3) is 0 Å². The number of carbonyl (C=O) groups excluding carboxylic acids is 1. The first kappa shape index (κ1) is 27.8. The van der Waals surface area contributed by atoms with Gasteiger partial charge in [0.1, 0.15) is 12.4 Å². The van der Waals surface area contributed by atoms with E-state index in [-0.39, 0.29) is 21.2 Å². The molecule has 0 aliphatic rings. The Labute approximate surface area is 227 Å². The second-order valence-corrected chi connectivity index (χ2v) is 12.3. The van der Waals surface area contributed by atoms with Crippen LogP contribution in [0.3, 0.4) is 0 Å². The summed E-state index contributed by atoms with van der Waals surface area (Å²) in [6.07, 6.45) is 0. The Balaban J connectivity index is 1.52. The molecule has 0 fully saturated rings. The fraction of sp³-hybridized carbons (Fsp3) is 0.107. The first-order valence-electron chi connectivity index (χ1n) is 11.8. The minimum Gasteiger partial charge on any atom is -0.325 e. The van der Waals surface area contributed by atoms with Crippen LogP contribution >= 0.6 is 0 Å². The zero-order valence-corrected chi connectivity index (χ0v) is 22.8. The van der Waals surface area contributed by atoms with Gasteiger partial charge in [0, 0.05) is 5.69 Å². The van der Waals surface area contributed by atoms with Gasteiger partial charge in [-0.3, -0.25) is 13.8 Å². The zero-order valence-electron chi connectivity index (χ0n) is 21.1. The Kier molecular flexibility index (Phi) is 8.03. The molecule has 0 spiro atoms. The smallest absolute Gasteiger partial charge is 0.264 e. The zero-order chi connectivity index (χ0) is 28.2. The number of para-hydroxylation sites is 1. The predicted octanol–water partition coefficient (Wildman–Crippen LogP) is 5.08. The largest absolute Gasteiger partial charge is 0.325 e. The molecule has 0 saturated heterocycles. The van der Waals surface area contributed by atoms with Crippen molar-refractivity contribution < 1.29 is 26.0 Å². The summed E-state index contributed by atoms with van der Waals surface area (Å²) in [6, 6.07) is 23.3. The number of amides is 1. The lowest BCUT2D eigenvalue weighted by Gasteiger charge is -2.24. The number of sulfonamides is 2. The van der Waals surface area contributed by atoms with E-state index in [0.717, 1.165) is 39.7 Å². The van der Waals surface area contributed by atoms with Gasteiger partial charge in [-0.05, 0) is 91.7 Å². The molecule has 0 heterocycles. The van der Waals surface area contributed by atoms with Gasteiger partial charge in [0.05, 0.1) is 21.2 Å². The maximum absolute atomic E-state index is 13.4. The fourth-order valence-corrected chi connectivity index (χ4v) is 6.28. The van der Waals surface area contributed by atoms with E-state index < -0.39 is 38.3 Å². The minimum absolute atomic E-state index is 0.00814. The van der Waals surface area contributed by atoms with Crippen LogP contribution in [0.15, 0.2) is 107 Å². The van der Waals surface area contributed by atoms with Gasteiger partial charge in [-0.2, -0.15) is 0 Å². The molecule has 0 aromatic heterocycles. The average Bonchev–Trinajstić information content (AvgIpc) is 2.90. The van der Waals surface area contributed by atoms with Gasteiger partial charge in [0.15, 0.2) is 0 Å². The van der Waals surface area contributed by atoms with Crippen molar-refractivity contribution in [3.63, 3.8) is 0 Å². The number of halogens is 1. The predicted molar refractivity (Wildman–Crippen MR) is 149 cm³/mol. The monoisotopic (exact) mass is 567 g/mol. The highest BCUT2D eigenvalue weighted by Crippen LogP contribution is 2.25. The van der Waals surface area contributed by atoms with E-state index in [1.165, 1.54) is 36.4 Å². The van der Waals surface area contributed by atoms with Crippen molar-refractivity contribution in [2.24, 2.45) is 0 Å². The molecule has 0 saturated carbocycles. The van der Waals surface area contributed by atoms with Crippen LogP contribution in [-0.2, 0) is 24.8 Å². The SMILES string of the molecule is Cc1ccc(C)c(NS(=O)(=O)c2ccc(NC(=O)CN(c3ccccc3)S(=O)(=O)c3ccc(F)cc3)cc2)c1. The molecule has 0 unspecified atom stereocenters. The van der Waals surface area contributed by atoms with E-state index in [9.17, 15) is 26.0 Å². The molecule has 4 rings (SSSR count). The molecule has 0 bridgehead atoms. The summed E-state index contributed by atoms with van der Waals surface area (Å²) in [5.74, 6) is -1.25. The van der Waals surface area contributed by atoms with Gasteiger partial charge in [0.25, 0.3) is 20.0 Å². The van der Waals surface area contributed by atoms with Crippen LogP contribution < -0.4 is 14.3 Å². The molecule has 0 aliphatic heterocycles. The van der Waals surface area contributed by atoms with Crippen molar-refractivity contribution in [1.29, 1.82) is 0 Å². The first-order chi connectivity index (χ1) is 18.5. The first-order valence-corrected chi connectivity index (χ1v) is 14.7. The van der Waals surface area contributed by atoms with Crippen molar-refractivity contribution in [2.45, 2.75) is 23.6 Å². The van der Waals surface area contributed by atoms with Gasteiger partial charge < -0.3 is 5.32 Å². The van der Waals surface area contributed by atoms with Crippen LogP contribution in [0.1, 0.15) is 11.1 Å². The van der Waals surface area contributed by atoms with Gasteiger partial charge >= 0.3 is 0 Å². The van der Waals surface area contributed by atoms with Gasteiger partial charge in [-0.25, -0.2) is 21.2 Å². The second kappa shape index (κ2) is 11.3. The summed E-state index contributed by atoms with van der Waals surface area (Å²) in [5, 5.41) is 2.60. The second-order valence-electron chi connectivity index (χ2n) is 8.80. The van der Waals surface area contributed by atoms with Crippen molar-refractivity contribution in [2.75, 3.05) is 20.9 Å². The van der Waals surface area contributed by atoms with Gasteiger partial charge in [-0.1, -0.05) is 30.3 Å². The molecule has 0 radical (unpaired) electrons. The van der Waals surface area contributed by atoms with Gasteiger partial charge in [-0.15, -0.1) is 0 Å². The van der Waals surface area contributed by atoms with Gasteiger partial charge in [0.2, 0.25) is 5.91 Å². The molecule has 39 heavy (non-hydrogen) atoms. The molecule has 0 atom stereocenters. The number of carbonyl (C=O) groups is 1. The molecule has 0 aliphatic carbocycles. The average molecular weight is 568 g/mol. The molecule has 2 N–H and O–H groups in total. The maximum atomic E-state index is 13.4. The Hall–Kier alpha value is -4.22. The van der Waals surface area contributed by atoms with Crippen molar-refractivity contribution in [3.05, 3.63) is 114 Å². The number of aryl methyl sites for hydroxylation is 2. The number of nitrogens with zero attached hydrogens (tertiary/aromatic N) is 1. The Bertz CT molecular complexity index is 1690. The van der Waals surface area contributed by atoms with Crippen molar-refractivity contribution in [3.8, 4) is 0 Å².